The van der Waals surface area contributed by atoms with Crippen LogP contribution >= 0.6 is 0 Å². The molecule has 1 aliphatic rings. The van der Waals surface area contributed by atoms with E-state index in [1.807, 2.05) is 0 Å². The molecule has 0 radical (unpaired) electrons. The van der Waals surface area contributed by atoms with Gasteiger partial charge >= 0.3 is 0 Å². The predicted octanol–water partition coefficient (Wildman–Crippen LogP) is 6.15. The van der Waals surface area contributed by atoms with Crippen molar-refractivity contribution in [3.63, 3.8) is 0 Å². The Balaban J connectivity index is 3.16. The van der Waals surface area contributed by atoms with Crippen molar-refractivity contribution in [2.75, 3.05) is 6.54 Å². The van der Waals surface area contributed by atoms with Gasteiger partial charge in [0.25, 0.3) is 0 Å². The average Bonchev–Trinajstić information content (AvgIpc) is 2.69. The molecule has 0 spiro atoms. The van der Waals surface area contributed by atoms with Crippen LogP contribution in [0.5, 0.6) is 0 Å². The Morgan fingerprint density at radius 1 is 1.00 bits per heavy atom. The van der Waals surface area contributed by atoms with Gasteiger partial charge in [-0.15, -0.1) is 6.58 Å². The number of hydrogen-bond donors (Lipinski definition) is 0. The molecule has 1 nitrogen and oxygen atoms in total. The van der Waals surface area contributed by atoms with E-state index in [0.717, 1.165) is 5.92 Å². The Morgan fingerprint density at radius 2 is 1.50 bits per heavy atom. The Hall–Kier alpha value is -0.300. The Labute approximate surface area is 140 Å². The second-order valence-electron chi connectivity index (χ2n) is 10.7. The zero-order valence-corrected chi connectivity index (χ0v) is 17.0. The summed E-state index contributed by atoms with van der Waals surface area (Å²) in [6.07, 6.45) is 4.72. The van der Waals surface area contributed by atoms with E-state index in [4.69, 9.17) is 0 Å². The normalized spacial score (nSPS) is 25.5. The third-order valence-corrected chi connectivity index (χ3v) is 6.20. The second kappa shape index (κ2) is 5.96. The van der Waals surface area contributed by atoms with E-state index >= 15 is 0 Å². The summed E-state index contributed by atoms with van der Waals surface area (Å²) in [6, 6.07) is 0.649. The molecule has 130 valence electrons. The van der Waals surface area contributed by atoms with Crippen LogP contribution in [0.15, 0.2) is 12.7 Å². The first-order valence-electron chi connectivity index (χ1n) is 9.04. The number of nitrogens with zero attached hydrogens (tertiary/aromatic N) is 1. The number of hydrogen-bond acceptors (Lipinski definition) is 1. The maximum atomic E-state index is 4.11. The van der Waals surface area contributed by atoms with Gasteiger partial charge in [0.2, 0.25) is 0 Å². The highest BCUT2D eigenvalue weighted by Crippen LogP contribution is 2.49. The maximum absolute atomic E-state index is 4.11. The molecule has 0 aromatic rings. The number of rotatable bonds is 5. The highest BCUT2D eigenvalue weighted by molar-refractivity contribution is 5.09. The topological polar surface area (TPSA) is 3.24 Å². The first-order valence-corrected chi connectivity index (χ1v) is 9.04. The summed E-state index contributed by atoms with van der Waals surface area (Å²) in [5, 5.41) is 0. The molecule has 0 bridgehead atoms. The lowest BCUT2D eigenvalue weighted by molar-refractivity contribution is -0.0244. The molecule has 1 rings (SSSR count). The van der Waals surface area contributed by atoms with Crippen molar-refractivity contribution in [2.45, 2.75) is 93.7 Å². The first-order chi connectivity index (χ1) is 9.64. The fraction of sp³-hybridized carbons (Fsp3) is 0.905. The van der Waals surface area contributed by atoms with Crippen molar-refractivity contribution >= 4 is 0 Å². The van der Waals surface area contributed by atoms with Gasteiger partial charge < -0.3 is 0 Å². The zero-order valence-electron chi connectivity index (χ0n) is 17.0. The van der Waals surface area contributed by atoms with Crippen molar-refractivity contribution < 1.29 is 0 Å². The summed E-state index contributed by atoms with van der Waals surface area (Å²) in [7, 11) is 0. The molecule has 1 fully saturated rings. The third kappa shape index (κ3) is 3.96. The van der Waals surface area contributed by atoms with Crippen LogP contribution in [0.1, 0.15) is 82.1 Å². The first kappa shape index (κ1) is 19.7. The molecule has 0 aliphatic carbocycles. The quantitative estimate of drug-likeness (QED) is 0.551. The van der Waals surface area contributed by atoms with E-state index in [1.54, 1.807) is 0 Å². The molecule has 0 saturated carbocycles. The number of likely N-dealkylation sites (tertiary alicyclic amines) is 1. The minimum absolute atomic E-state index is 0.104. The predicted molar refractivity (Wildman–Crippen MR) is 100 cm³/mol. The molecule has 0 N–H and O–H groups in total. The molecule has 2 atom stereocenters. The van der Waals surface area contributed by atoms with Crippen molar-refractivity contribution in [1.29, 1.82) is 0 Å². The van der Waals surface area contributed by atoms with E-state index in [0.29, 0.717) is 16.9 Å². The molecule has 1 saturated heterocycles. The van der Waals surface area contributed by atoms with Gasteiger partial charge in [0.05, 0.1) is 0 Å². The summed E-state index contributed by atoms with van der Waals surface area (Å²) in [5.41, 5.74) is 0.934. The summed E-state index contributed by atoms with van der Waals surface area (Å²) in [6.45, 7) is 29.3. The second-order valence-corrected chi connectivity index (χ2v) is 10.7. The molecule has 0 amide bonds. The molecular formula is C21H41N. The fourth-order valence-corrected chi connectivity index (χ4v) is 4.51. The zero-order chi connectivity index (χ0) is 17.6. The van der Waals surface area contributed by atoms with Crippen LogP contribution in [0.3, 0.4) is 0 Å². The highest BCUT2D eigenvalue weighted by Gasteiger charge is 2.50. The summed E-state index contributed by atoms with van der Waals surface area (Å²) in [4.78, 5) is 2.80. The van der Waals surface area contributed by atoms with Crippen LogP contribution in [0.4, 0.5) is 0 Å². The van der Waals surface area contributed by atoms with Crippen molar-refractivity contribution in [2.24, 2.45) is 22.2 Å². The Morgan fingerprint density at radius 3 is 1.91 bits per heavy atom. The average molecular weight is 308 g/mol. The van der Waals surface area contributed by atoms with E-state index in [9.17, 15) is 0 Å². The van der Waals surface area contributed by atoms with Gasteiger partial charge in [0, 0.05) is 23.5 Å². The maximum Gasteiger partial charge on any atom is 0.0241 e. The van der Waals surface area contributed by atoms with Gasteiger partial charge in [-0.1, -0.05) is 61.5 Å². The van der Waals surface area contributed by atoms with Crippen molar-refractivity contribution in [3.05, 3.63) is 12.7 Å². The minimum atomic E-state index is 0.104. The largest absolute Gasteiger partial charge is 0.294 e. The molecule has 0 aromatic heterocycles. The van der Waals surface area contributed by atoms with Crippen LogP contribution in [0.25, 0.3) is 0 Å². The summed E-state index contributed by atoms with van der Waals surface area (Å²) in [5.74, 6) is 0.782. The van der Waals surface area contributed by atoms with Gasteiger partial charge in [-0.25, -0.2) is 0 Å². The molecule has 1 heteroatoms. The molecule has 2 unspecified atom stereocenters. The fourth-order valence-electron chi connectivity index (χ4n) is 4.51. The minimum Gasteiger partial charge on any atom is -0.294 e. The van der Waals surface area contributed by atoms with E-state index in [-0.39, 0.29) is 11.0 Å². The SMILES string of the molecule is C=CC(C)(C)C(C)(C)N1CC(C)CC1C(C)(C)CC(C)(C)C. The molecule has 0 aromatic carbocycles. The van der Waals surface area contributed by atoms with Gasteiger partial charge in [-0.3, -0.25) is 4.90 Å². The van der Waals surface area contributed by atoms with Crippen molar-refractivity contribution in [3.8, 4) is 0 Å². The van der Waals surface area contributed by atoms with E-state index < -0.39 is 0 Å². The van der Waals surface area contributed by atoms with Crippen LogP contribution in [0, 0.1) is 22.2 Å². The van der Waals surface area contributed by atoms with Crippen LogP contribution in [-0.4, -0.2) is 23.0 Å². The van der Waals surface area contributed by atoms with Crippen molar-refractivity contribution in [1.82, 2.24) is 4.90 Å². The molecule has 1 aliphatic heterocycles. The lowest BCUT2D eigenvalue weighted by Crippen LogP contribution is -2.58. The highest BCUT2D eigenvalue weighted by atomic mass is 15.3. The Bertz CT molecular complexity index is 395. The standard InChI is InChI=1S/C21H41N/c1-12-20(8,9)21(10,11)22-14-16(2)13-17(22)19(6,7)15-18(3,4)5/h12,16-17H,1,13-15H2,2-11H3. The molecule has 22 heavy (non-hydrogen) atoms. The molecule has 1 heterocycles. The van der Waals surface area contributed by atoms with Crippen LogP contribution in [-0.2, 0) is 0 Å². The summed E-state index contributed by atoms with van der Waals surface area (Å²) >= 11 is 0. The monoisotopic (exact) mass is 307 g/mol. The lowest BCUT2D eigenvalue weighted by atomic mass is 9.68. The molecular weight excluding hydrogens is 266 g/mol. The van der Waals surface area contributed by atoms with E-state index in [2.05, 4.69) is 86.8 Å². The van der Waals surface area contributed by atoms with Crippen LogP contribution < -0.4 is 0 Å². The van der Waals surface area contributed by atoms with E-state index in [1.165, 1.54) is 19.4 Å². The van der Waals surface area contributed by atoms with Gasteiger partial charge in [-0.05, 0) is 43.4 Å². The van der Waals surface area contributed by atoms with Crippen LogP contribution in [0.2, 0.25) is 0 Å². The van der Waals surface area contributed by atoms with Gasteiger partial charge in [0.1, 0.15) is 0 Å². The smallest absolute Gasteiger partial charge is 0.0241 e. The van der Waals surface area contributed by atoms with Gasteiger partial charge in [0.15, 0.2) is 0 Å². The summed E-state index contributed by atoms with van der Waals surface area (Å²) < 4.78 is 0. The lowest BCUT2D eigenvalue weighted by Gasteiger charge is -2.53. The Kier molecular flexibility index (Phi) is 5.35. The van der Waals surface area contributed by atoms with Gasteiger partial charge in [-0.2, -0.15) is 0 Å². The third-order valence-electron chi connectivity index (χ3n) is 6.20.